The van der Waals surface area contributed by atoms with Crippen LogP contribution in [0, 0.1) is 0 Å². The zero-order valence-corrected chi connectivity index (χ0v) is 11.6. The quantitative estimate of drug-likeness (QED) is 0.586. The number of ether oxygens (including phenoxy) is 2. The van der Waals surface area contributed by atoms with Crippen LogP contribution in [0.15, 0.2) is 29.2 Å². The van der Waals surface area contributed by atoms with Crippen LogP contribution in [0.2, 0.25) is 0 Å². The highest BCUT2D eigenvalue weighted by Gasteiger charge is 2.09. The molecule has 0 radical (unpaired) electrons. The number of amides is 3. The fourth-order valence-corrected chi connectivity index (χ4v) is 1.87. The maximum absolute atomic E-state index is 11.4. The molecule has 0 aliphatic heterocycles. The lowest BCUT2D eigenvalue weighted by Crippen LogP contribution is -2.37. The molecule has 0 atom stereocenters. The molecule has 0 aliphatic carbocycles. The van der Waals surface area contributed by atoms with Crippen molar-refractivity contribution in [2.24, 2.45) is 5.73 Å². The first-order valence-corrected chi connectivity index (χ1v) is 6.51. The third-order valence-corrected chi connectivity index (χ3v) is 3.03. The first-order chi connectivity index (χ1) is 9.51. The minimum absolute atomic E-state index is 0.0518. The number of urea groups is 1. The number of methoxy groups -OCH3 is 1. The zero-order valence-electron chi connectivity index (χ0n) is 10.8. The van der Waals surface area contributed by atoms with E-state index in [4.69, 9.17) is 10.5 Å². The molecule has 7 nitrogen and oxygen atoms in total. The second-order valence-corrected chi connectivity index (χ2v) is 4.59. The van der Waals surface area contributed by atoms with E-state index in [0.29, 0.717) is 0 Å². The first kappa shape index (κ1) is 15.8. The van der Waals surface area contributed by atoms with Crippen LogP contribution in [0.5, 0.6) is 5.75 Å². The average Bonchev–Trinajstić information content (AvgIpc) is 2.42. The first-order valence-electron chi connectivity index (χ1n) is 5.53. The molecule has 20 heavy (non-hydrogen) atoms. The normalized spacial score (nSPS) is 9.65. The summed E-state index contributed by atoms with van der Waals surface area (Å²) in [5.74, 6) is -0.554. The van der Waals surface area contributed by atoms with Crippen molar-refractivity contribution in [1.29, 1.82) is 0 Å². The van der Waals surface area contributed by atoms with E-state index in [0.717, 1.165) is 10.6 Å². The smallest absolute Gasteiger partial charge is 0.318 e. The Morgan fingerprint density at radius 1 is 1.25 bits per heavy atom. The van der Waals surface area contributed by atoms with Gasteiger partial charge < -0.3 is 15.2 Å². The number of rotatable bonds is 6. The summed E-state index contributed by atoms with van der Waals surface area (Å²) in [5, 5.41) is 1.79. The number of carbonyl (C=O) groups is 3. The molecule has 3 amide bonds. The van der Waals surface area contributed by atoms with Crippen LogP contribution in [-0.4, -0.2) is 37.4 Å². The number of primary amides is 1. The summed E-state index contributed by atoms with van der Waals surface area (Å²) in [4.78, 5) is 33.6. The lowest BCUT2D eigenvalue weighted by atomic mass is 10.3. The van der Waals surface area contributed by atoms with Gasteiger partial charge in [0.05, 0.1) is 12.9 Å². The van der Waals surface area contributed by atoms with Crippen LogP contribution >= 0.6 is 11.8 Å². The molecule has 0 heterocycles. The van der Waals surface area contributed by atoms with Crippen molar-refractivity contribution in [3.63, 3.8) is 0 Å². The van der Waals surface area contributed by atoms with Gasteiger partial charge in [-0.1, -0.05) is 0 Å². The minimum Gasteiger partial charge on any atom is -0.497 e. The van der Waals surface area contributed by atoms with E-state index in [1.54, 1.807) is 36.7 Å². The highest BCUT2D eigenvalue weighted by molar-refractivity contribution is 8.00. The molecule has 0 spiro atoms. The number of carbonyl (C=O) groups excluding carboxylic acids is 3. The molecule has 0 aromatic heterocycles. The van der Waals surface area contributed by atoms with Gasteiger partial charge in [0.2, 0.25) is 0 Å². The summed E-state index contributed by atoms with van der Waals surface area (Å²) in [6.45, 7) is -0.537. The predicted molar refractivity (Wildman–Crippen MR) is 72.4 cm³/mol. The van der Waals surface area contributed by atoms with Gasteiger partial charge in [0.15, 0.2) is 6.61 Å². The van der Waals surface area contributed by atoms with E-state index in [2.05, 4.69) is 4.74 Å². The summed E-state index contributed by atoms with van der Waals surface area (Å²) >= 11 is 1.26. The van der Waals surface area contributed by atoms with Gasteiger partial charge in [0.1, 0.15) is 5.75 Å². The van der Waals surface area contributed by atoms with Crippen LogP contribution in [0.25, 0.3) is 0 Å². The maximum Gasteiger partial charge on any atom is 0.318 e. The number of thioether (sulfide) groups is 1. The number of benzene rings is 1. The van der Waals surface area contributed by atoms with Crippen molar-refractivity contribution < 1.29 is 23.9 Å². The Balaban J connectivity index is 2.28. The van der Waals surface area contributed by atoms with Gasteiger partial charge in [-0.15, -0.1) is 11.8 Å². The predicted octanol–water partition coefficient (Wildman–Crippen LogP) is 0.525. The number of nitrogens with one attached hydrogen (secondary N) is 1. The summed E-state index contributed by atoms with van der Waals surface area (Å²) in [5.41, 5.74) is 4.73. The molecule has 0 saturated carbocycles. The molecule has 3 N–H and O–H groups in total. The molecule has 0 bridgehead atoms. The minimum atomic E-state index is -0.987. The standard InChI is InChI=1S/C12H14N2O5S/c1-18-8-2-4-9(5-3-8)20-7-11(16)19-6-10(15)14-12(13)17/h2-5H,6-7H2,1H3,(H3,13,14,15,17). The SMILES string of the molecule is COc1ccc(SCC(=O)OCC(=O)NC(N)=O)cc1. The summed E-state index contributed by atoms with van der Waals surface area (Å²) in [6, 6.07) is 6.16. The number of imide groups is 1. The average molecular weight is 298 g/mol. The molecule has 0 aliphatic rings. The maximum atomic E-state index is 11.4. The summed E-state index contributed by atoms with van der Waals surface area (Å²) in [6.07, 6.45) is 0. The molecule has 1 rings (SSSR count). The lowest BCUT2D eigenvalue weighted by molar-refractivity contribution is -0.145. The second kappa shape index (κ2) is 8.05. The highest BCUT2D eigenvalue weighted by atomic mass is 32.2. The second-order valence-electron chi connectivity index (χ2n) is 3.54. The number of hydrogen-bond acceptors (Lipinski definition) is 6. The monoisotopic (exact) mass is 298 g/mol. The van der Waals surface area contributed by atoms with E-state index in [1.807, 2.05) is 0 Å². The van der Waals surface area contributed by atoms with Crippen molar-refractivity contribution in [1.82, 2.24) is 5.32 Å². The Bertz CT molecular complexity index is 489. The molecule has 0 unspecified atom stereocenters. The van der Waals surface area contributed by atoms with Crippen LogP contribution < -0.4 is 15.8 Å². The third kappa shape index (κ3) is 6.10. The number of nitrogens with two attached hydrogens (primary N) is 1. The Hall–Kier alpha value is -2.22. The number of esters is 1. The van der Waals surface area contributed by atoms with Crippen molar-refractivity contribution in [2.75, 3.05) is 19.5 Å². The van der Waals surface area contributed by atoms with Crippen LogP contribution in [-0.2, 0) is 14.3 Å². The van der Waals surface area contributed by atoms with Gasteiger partial charge in [0, 0.05) is 4.90 Å². The van der Waals surface area contributed by atoms with E-state index >= 15 is 0 Å². The van der Waals surface area contributed by atoms with E-state index < -0.39 is 24.5 Å². The lowest BCUT2D eigenvalue weighted by Gasteiger charge is -2.05. The summed E-state index contributed by atoms with van der Waals surface area (Å²) < 4.78 is 9.68. The third-order valence-electron chi connectivity index (χ3n) is 2.04. The van der Waals surface area contributed by atoms with Gasteiger partial charge >= 0.3 is 12.0 Å². The molecule has 0 fully saturated rings. The largest absolute Gasteiger partial charge is 0.497 e. The van der Waals surface area contributed by atoms with Crippen molar-refractivity contribution in [3.05, 3.63) is 24.3 Å². The zero-order chi connectivity index (χ0) is 15.0. The van der Waals surface area contributed by atoms with Gasteiger partial charge in [-0.3, -0.25) is 14.9 Å². The van der Waals surface area contributed by atoms with Crippen LogP contribution in [0.4, 0.5) is 4.79 Å². The van der Waals surface area contributed by atoms with Crippen molar-refractivity contribution in [3.8, 4) is 5.75 Å². The number of hydrogen-bond donors (Lipinski definition) is 2. The Kier molecular flexibility index (Phi) is 6.38. The van der Waals surface area contributed by atoms with Crippen molar-refractivity contribution in [2.45, 2.75) is 4.90 Å². The fraction of sp³-hybridized carbons (Fsp3) is 0.250. The molecule has 1 aromatic rings. The Labute approximate surface area is 119 Å². The van der Waals surface area contributed by atoms with Gasteiger partial charge in [-0.05, 0) is 24.3 Å². The van der Waals surface area contributed by atoms with E-state index in [9.17, 15) is 14.4 Å². The molecular formula is C12H14N2O5S. The highest BCUT2D eigenvalue weighted by Crippen LogP contribution is 2.21. The van der Waals surface area contributed by atoms with E-state index in [1.165, 1.54) is 11.8 Å². The Morgan fingerprint density at radius 2 is 1.90 bits per heavy atom. The Morgan fingerprint density at radius 3 is 2.45 bits per heavy atom. The van der Waals surface area contributed by atoms with Crippen LogP contribution in [0.1, 0.15) is 0 Å². The van der Waals surface area contributed by atoms with Crippen molar-refractivity contribution >= 4 is 29.7 Å². The molecular weight excluding hydrogens is 284 g/mol. The van der Waals surface area contributed by atoms with E-state index in [-0.39, 0.29) is 5.75 Å². The molecule has 1 aromatic carbocycles. The summed E-state index contributed by atoms with van der Waals surface area (Å²) in [7, 11) is 1.57. The molecule has 108 valence electrons. The molecule has 8 heteroatoms. The van der Waals surface area contributed by atoms with Gasteiger partial charge in [0.25, 0.3) is 5.91 Å². The molecule has 0 saturated heterocycles. The van der Waals surface area contributed by atoms with Gasteiger partial charge in [-0.2, -0.15) is 0 Å². The van der Waals surface area contributed by atoms with Crippen LogP contribution in [0.3, 0.4) is 0 Å². The topological polar surface area (TPSA) is 108 Å². The fourth-order valence-electron chi connectivity index (χ4n) is 1.18. The van der Waals surface area contributed by atoms with Gasteiger partial charge in [-0.25, -0.2) is 4.79 Å².